The van der Waals surface area contributed by atoms with Crippen molar-refractivity contribution in [3.63, 3.8) is 0 Å². The second-order valence-corrected chi connectivity index (χ2v) is 4.69. The number of rotatable bonds is 5. The highest BCUT2D eigenvalue weighted by atomic mass is 16.5. The summed E-state index contributed by atoms with van der Waals surface area (Å²) in [5, 5.41) is 0.810. The van der Waals surface area contributed by atoms with Crippen molar-refractivity contribution in [2.45, 2.75) is 33.7 Å². The molecule has 0 aliphatic rings. The van der Waals surface area contributed by atoms with Crippen LogP contribution in [0.15, 0.2) is 24.3 Å². The van der Waals surface area contributed by atoms with Crippen LogP contribution in [0, 0.1) is 6.92 Å². The van der Waals surface area contributed by atoms with E-state index in [1.807, 2.05) is 49.6 Å². The van der Waals surface area contributed by atoms with Crippen LogP contribution >= 0.6 is 0 Å². The molecule has 4 nitrogen and oxygen atoms in total. The molecule has 2 aromatic rings. The topological polar surface area (TPSA) is 48.3 Å². The molecule has 0 aliphatic heterocycles. The molecule has 0 saturated carbocycles. The second-order valence-electron chi connectivity index (χ2n) is 4.69. The Labute approximate surface area is 118 Å². The molecule has 0 aliphatic carbocycles. The van der Waals surface area contributed by atoms with E-state index >= 15 is 0 Å². The van der Waals surface area contributed by atoms with Gasteiger partial charge in [0.05, 0.1) is 12.2 Å². The van der Waals surface area contributed by atoms with Gasteiger partial charge >= 0.3 is 5.97 Å². The van der Waals surface area contributed by atoms with Gasteiger partial charge in [-0.2, -0.15) is 0 Å². The van der Waals surface area contributed by atoms with Crippen molar-refractivity contribution < 1.29 is 14.3 Å². The first-order valence-electron chi connectivity index (χ1n) is 6.91. The average Bonchev–Trinajstić information content (AvgIpc) is 2.75. The Kier molecular flexibility index (Phi) is 4.23. The maximum Gasteiger partial charge on any atom is 0.379 e. The minimum Gasteiger partial charge on any atom is -0.460 e. The number of nitrogens with zero attached hydrogens (tertiary/aromatic N) is 1. The Morgan fingerprint density at radius 1 is 1.20 bits per heavy atom. The first-order valence-corrected chi connectivity index (χ1v) is 6.91. The fraction of sp³-hybridized carbons (Fsp3) is 0.375. The van der Waals surface area contributed by atoms with Crippen LogP contribution in [0.25, 0.3) is 10.9 Å². The number of esters is 1. The molecule has 0 N–H and O–H groups in total. The molecule has 0 spiro atoms. The van der Waals surface area contributed by atoms with Crippen LogP contribution in [0.2, 0.25) is 0 Å². The molecule has 106 valence electrons. The van der Waals surface area contributed by atoms with Crippen molar-refractivity contribution in [1.82, 2.24) is 4.57 Å². The third-order valence-electron chi connectivity index (χ3n) is 3.40. The van der Waals surface area contributed by atoms with Gasteiger partial charge in [0.15, 0.2) is 0 Å². The molecule has 1 heterocycles. The van der Waals surface area contributed by atoms with Crippen LogP contribution in [-0.4, -0.2) is 22.9 Å². The second kappa shape index (κ2) is 5.90. The van der Waals surface area contributed by atoms with Crippen LogP contribution in [0.3, 0.4) is 0 Å². The summed E-state index contributed by atoms with van der Waals surface area (Å²) < 4.78 is 6.99. The van der Waals surface area contributed by atoms with Gasteiger partial charge in [-0.1, -0.05) is 25.1 Å². The van der Waals surface area contributed by atoms with Gasteiger partial charge in [0.1, 0.15) is 0 Å². The van der Waals surface area contributed by atoms with Gasteiger partial charge < -0.3 is 9.30 Å². The molecule has 0 fully saturated rings. The summed E-state index contributed by atoms with van der Waals surface area (Å²) in [6.45, 7) is 6.80. The Hall–Kier alpha value is -2.10. The molecule has 0 bridgehead atoms. The number of aromatic nitrogens is 1. The molecule has 0 unspecified atom stereocenters. The Bertz CT molecular complexity index is 655. The first-order chi connectivity index (χ1) is 9.61. The minimum atomic E-state index is -0.769. The van der Waals surface area contributed by atoms with Crippen molar-refractivity contribution >= 4 is 22.7 Å². The Balaban J connectivity index is 2.51. The number of Topliss-reactive ketones (excluding diaryl/α,β-unsaturated/α-hetero) is 1. The van der Waals surface area contributed by atoms with E-state index < -0.39 is 11.8 Å². The van der Waals surface area contributed by atoms with Crippen molar-refractivity contribution in [3.05, 3.63) is 35.5 Å². The lowest BCUT2D eigenvalue weighted by atomic mass is 10.1. The largest absolute Gasteiger partial charge is 0.460 e. The zero-order valence-corrected chi connectivity index (χ0v) is 12.1. The molecule has 0 radical (unpaired) electrons. The number of ether oxygens (including phenoxy) is 1. The Morgan fingerprint density at radius 2 is 1.90 bits per heavy atom. The number of hydrogen-bond acceptors (Lipinski definition) is 3. The molecule has 0 saturated heterocycles. The lowest BCUT2D eigenvalue weighted by Gasteiger charge is -2.04. The monoisotopic (exact) mass is 273 g/mol. The highest BCUT2D eigenvalue weighted by molar-refractivity contribution is 6.43. The summed E-state index contributed by atoms with van der Waals surface area (Å²) >= 11 is 0. The quantitative estimate of drug-likeness (QED) is 0.478. The molecule has 4 heteroatoms. The predicted molar refractivity (Wildman–Crippen MR) is 77.9 cm³/mol. The number of carbonyl (C=O) groups excluding carboxylic acids is 2. The maximum atomic E-state index is 12.3. The maximum absolute atomic E-state index is 12.3. The molecular weight excluding hydrogens is 254 g/mol. The van der Waals surface area contributed by atoms with Crippen LogP contribution in [0.1, 0.15) is 36.3 Å². The van der Waals surface area contributed by atoms with E-state index in [0.717, 1.165) is 23.1 Å². The summed E-state index contributed by atoms with van der Waals surface area (Å²) in [6.07, 6.45) is 0.703. The SMILES string of the molecule is CCCOC(=O)C(=O)c1c(C)n(CC)c2ccccc12. The zero-order valence-electron chi connectivity index (χ0n) is 12.1. The lowest BCUT2D eigenvalue weighted by molar-refractivity contribution is -0.138. The summed E-state index contributed by atoms with van der Waals surface area (Å²) in [4.78, 5) is 24.1. The number of carbonyl (C=O) groups is 2. The minimum absolute atomic E-state index is 0.274. The summed E-state index contributed by atoms with van der Waals surface area (Å²) in [7, 11) is 0. The highest BCUT2D eigenvalue weighted by Crippen LogP contribution is 2.26. The summed E-state index contributed by atoms with van der Waals surface area (Å²) in [5.41, 5.74) is 2.25. The van der Waals surface area contributed by atoms with Gasteiger partial charge in [-0.3, -0.25) is 4.79 Å². The highest BCUT2D eigenvalue weighted by Gasteiger charge is 2.25. The number of ketones is 1. The standard InChI is InChI=1S/C16H19NO3/c1-4-10-20-16(19)15(18)14-11(3)17(5-2)13-9-7-6-8-12(13)14/h6-9H,4-5,10H2,1-3H3. The number of benzene rings is 1. The fourth-order valence-corrected chi connectivity index (χ4v) is 2.49. The van der Waals surface area contributed by atoms with E-state index in [0.29, 0.717) is 12.0 Å². The van der Waals surface area contributed by atoms with Crippen molar-refractivity contribution in [2.24, 2.45) is 0 Å². The third-order valence-corrected chi connectivity index (χ3v) is 3.40. The first kappa shape index (κ1) is 14.3. The van der Waals surface area contributed by atoms with E-state index in [4.69, 9.17) is 4.74 Å². The molecule has 0 amide bonds. The van der Waals surface area contributed by atoms with Gasteiger partial charge in [0, 0.05) is 23.1 Å². The lowest BCUT2D eigenvalue weighted by Crippen LogP contribution is -2.19. The molecule has 1 aromatic heterocycles. The predicted octanol–water partition coefficient (Wildman–Crippen LogP) is 3.11. The van der Waals surface area contributed by atoms with E-state index in [-0.39, 0.29) is 6.61 Å². The van der Waals surface area contributed by atoms with Gasteiger partial charge in [0.25, 0.3) is 5.78 Å². The van der Waals surface area contributed by atoms with E-state index in [2.05, 4.69) is 0 Å². The number of hydrogen-bond donors (Lipinski definition) is 0. The zero-order chi connectivity index (χ0) is 14.7. The molecule has 0 atom stereocenters. The van der Waals surface area contributed by atoms with Crippen molar-refractivity contribution in [3.8, 4) is 0 Å². The van der Waals surface area contributed by atoms with Crippen LogP contribution in [0.4, 0.5) is 0 Å². The van der Waals surface area contributed by atoms with Gasteiger partial charge in [0.2, 0.25) is 0 Å². The van der Waals surface area contributed by atoms with E-state index in [9.17, 15) is 9.59 Å². The molecule has 20 heavy (non-hydrogen) atoms. The number of para-hydroxylation sites is 1. The smallest absolute Gasteiger partial charge is 0.379 e. The summed E-state index contributed by atoms with van der Waals surface area (Å²) in [5.74, 6) is -1.33. The van der Waals surface area contributed by atoms with E-state index in [1.165, 1.54) is 0 Å². The van der Waals surface area contributed by atoms with Gasteiger partial charge in [-0.15, -0.1) is 0 Å². The number of aryl methyl sites for hydroxylation is 1. The summed E-state index contributed by atoms with van der Waals surface area (Å²) in [6, 6.07) is 7.63. The van der Waals surface area contributed by atoms with Crippen LogP contribution in [-0.2, 0) is 16.1 Å². The van der Waals surface area contributed by atoms with Gasteiger partial charge in [-0.05, 0) is 26.3 Å². The van der Waals surface area contributed by atoms with Crippen molar-refractivity contribution in [2.75, 3.05) is 6.61 Å². The molecule has 2 rings (SSSR count). The normalized spacial score (nSPS) is 10.8. The average molecular weight is 273 g/mol. The van der Waals surface area contributed by atoms with Gasteiger partial charge in [-0.25, -0.2) is 4.79 Å². The van der Waals surface area contributed by atoms with E-state index in [1.54, 1.807) is 0 Å². The number of fused-ring (bicyclic) bond motifs is 1. The molecular formula is C16H19NO3. The van der Waals surface area contributed by atoms with Crippen LogP contribution in [0.5, 0.6) is 0 Å². The molecule has 1 aromatic carbocycles. The van der Waals surface area contributed by atoms with Crippen LogP contribution < -0.4 is 0 Å². The van der Waals surface area contributed by atoms with Crippen molar-refractivity contribution in [1.29, 1.82) is 0 Å². The Morgan fingerprint density at radius 3 is 2.55 bits per heavy atom. The fourth-order valence-electron chi connectivity index (χ4n) is 2.49. The third kappa shape index (κ3) is 2.33.